The Morgan fingerprint density at radius 3 is 2.53 bits per heavy atom. The van der Waals surface area contributed by atoms with E-state index in [2.05, 4.69) is 20.7 Å². The molecule has 9 nitrogen and oxygen atoms in total. The Labute approximate surface area is 220 Å². The molecule has 1 amide bonds. The zero-order valence-corrected chi connectivity index (χ0v) is 21.1. The van der Waals surface area contributed by atoms with Crippen molar-refractivity contribution >= 4 is 52.8 Å². The molecule has 1 heterocycles. The van der Waals surface area contributed by atoms with Crippen LogP contribution in [0.15, 0.2) is 77.0 Å². The summed E-state index contributed by atoms with van der Waals surface area (Å²) >= 11 is 13.3. The number of hydrogen-bond acceptors (Lipinski definition) is 7. The molecule has 0 fully saturated rings. The first kappa shape index (κ1) is 25.4. The SMILES string of the molecule is Cc1ccc(-c2nnc(SCC(=O)N/N=C\c3cc([N+](=O)[O-])ccc3Cl)n2-c2ccc(Cl)cc2)cc1. The van der Waals surface area contributed by atoms with Gasteiger partial charge in [0, 0.05) is 39.0 Å². The second-order valence-corrected chi connectivity index (χ2v) is 9.31. The van der Waals surface area contributed by atoms with Gasteiger partial charge in [0.05, 0.1) is 16.9 Å². The summed E-state index contributed by atoms with van der Waals surface area (Å²) in [6.07, 6.45) is 1.25. The fraction of sp³-hybridized carbons (Fsp3) is 0.0833. The highest BCUT2D eigenvalue weighted by atomic mass is 35.5. The van der Waals surface area contributed by atoms with E-state index in [4.69, 9.17) is 23.2 Å². The number of carbonyl (C=O) groups is 1. The topological polar surface area (TPSA) is 115 Å². The number of nitro groups is 1. The maximum atomic E-state index is 12.4. The highest BCUT2D eigenvalue weighted by Crippen LogP contribution is 2.29. The predicted octanol–water partition coefficient (Wildman–Crippen LogP) is 5.70. The molecule has 182 valence electrons. The summed E-state index contributed by atoms with van der Waals surface area (Å²) in [5, 5.41) is 24.8. The number of rotatable bonds is 8. The van der Waals surface area contributed by atoms with Gasteiger partial charge >= 0.3 is 0 Å². The molecule has 0 saturated carbocycles. The molecule has 0 aliphatic rings. The molecule has 4 rings (SSSR count). The summed E-state index contributed by atoms with van der Waals surface area (Å²) in [6.45, 7) is 2.00. The van der Waals surface area contributed by atoms with Crippen LogP contribution in [0.1, 0.15) is 11.1 Å². The molecular formula is C24H18Cl2N6O3S. The van der Waals surface area contributed by atoms with Crippen molar-refractivity contribution in [2.24, 2.45) is 5.10 Å². The first-order chi connectivity index (χ1) is 17.3. The Morgan fingerprint density at radius 2 is 1.83 bits per heavy atom. The number of nitrogens with one attached hydrogen (secondary N) is 1. The average Bonchev–Trinajstić information content (AvgIpc) is 3.28. The van der Waals surface area contributed by atoms with Gasteiger partial charge in [0.25, 0.3) is 11.6 Å². The van der Waals surface area contributed by atoms with E-state index < -0.39 is 10.8 Å². The van der Waals surface area contributed by atoms with E-state index >= 15 is 0 Å². The van der Waals surface area contributed by atoms with E-state index in [1.54, 1.807) is 12.1 Å². The second-order valence-electron chi connectivity index (χ2n) is 7.53. The summed E-state index contributed by atoms with van der Waals surface area (Å²) in [5.41, 5.74) is 5.36. The highest BCUT2D eigenvalue weighted by molar-refractivity contribution is 7.99. The Balaban J connectivity index is 1.50. The van der Waals surface area contributed by atoms with Crippen molar-refractivity contribution in [1.29, 1.82) is 0 Å². The van der Waals surface area contributed by atoms with E-state index in [1.165, 1.54) is 36.2 Å². The number of halogens is 2. The standard InChI is InChI=1S/C24H18Cl2N6O3S/c1-15-2-4-16(5-3-15)23-29-30-24(31(23)19-8-6-18(25)7-9-19)36-14-22(33)28-27-13-17-12-20(32(34)35)10-11-21(17)26/h2-13H,14H2,1H3,(H,28,33)/b27-13-. The highest BCUT2D eigenvalue weighted by Gasteiger charge is 2.17. The fourth-order valence-electron chi connectivity index (χ4n) is 3.16. The molecule has 0 atom stereocenters. The third-order valence-corrected chi connectivity index (χ3v) is 6.47. The summed E-state index contributed by atoms with van der Waals surface area (Å²) < 4.78 is 1.85. The number of amides is 1. The molecule has 36 heavy (non-hydrogen) atoms. The molecule has 3 aromatic carbocycles. The van der Waals surface area contributed by atoms with Crippen LogP contribution in [-0.2, 0) is 4.79 Å². The summed E-state index contributed by atoms with van der Waals surface area (Å²) in [6, 6.07) is 19.1. The van der Waals surface area contributed by atoms with Crippen molar-refractivity contribution in [3.05, 3.63) is 98.0 Å². The van der Waals surface area contributed by atoms with Crippen molar-refractivity contribution in [1.82, 2.24) is 20.2 Å². The van der Waals surface area contributed by atoms with Crippen LogP contribution in [0.3, 0.4) is 0 Å². The van der Waals surface area contributed by atoms with Gasteiger partial charge in [-0.05, 0) is 37.3 Å². The normalized spacial score (nSPS) is 11.1. The van der Waals surface area contributed by atoms with Crippen molar-refractivity contribution in [2.45, 2.75) is 12.1 Å². The second kappa shape index (κ2) is 11.3. The van der Waals surface area contributed by atoms with Crippen LogP contribution < -0.4 is 5.43 Å². The minimum atomic E-state index is -0.537. The van der Waals surface area contributed by atoms with Crippen LogP contribution in [0.4, 0.5) is 5.69 Å². The lowest BCUT2D eigenvalue weighted by Crippen LogP contribution is -2.20. The molecule has 0 saturated heterocycles. The fourth-order valence-corrected chi connectivity index (χ4v) is 4.19. The minimum absolute atomic E-state index is 0.000367. The lowest BCUT2D eigenvalue weighted by Gasteiger charge is -2.10. The number of hydrazone groups is 1. The molecule has 0 radical (unpaired) electrons. The first-order valence-corrected chi connectivity index (χ1v) is 12.2. The van der Waals surface area contributed by atoms with Gasteiger partial charge in [0.2, 0.25) is 0 Å². The van der Waals surface area contributed by atoms with Gasteiger partial charge in [0.1, 0.15) is 0 Å². The predicted molar refractivity (Wildman–Crippen MR) is 141 cm³/mol. The zero-order valence-electron chi connectivity index (χ0n) is 18.8. The van der Waals surface area contributed by atoms with Gasteiger partial charge in [0.15, 0.2) is 11.0 Å². The molecule has 12 heteroatoms. The maximum Gasteiger partial charge on any atom is 0.270 e. The number of hydrogen-bond donors (Lipinski definition) is 1. The van der Waals surface area contributed by atoms with Crippen molar-refractivity contribution in [2.75, 3.05) is 5.75 Å². The smallest absolute Gasteiger partial charge is 0.270 e. The average molecular weight is 541 g/mol. The third kappa shape index (κ3) is 6.09. The van der Waals surface area contributed by atoms with Gasteiger partial charge < -0.3 is 0 Å². The molecule has 0 aliphatic heterocycles. The lowest BCUT2D eigenvalue weighted by molar-refractivity contribution is -0.384. The number of nitro benzene ring substituents is 1. The van der Waals surface area contributed by atoms with Crippen LogP contribution in [0.2, 0.25) is 10.0 Å². The van der Waals surface area contributed by atoms with E-state index in [0.717, 1.165) is 16.8 Å². The number of aryl methyl sites for hydroxylation is 1. The van der Waals surface area contributed by atoms with E-state index in [1.807, 2.05) is 47.9 Å². The molecule has 0 aliphatic carbocycles. The summed E-state index contributed by atoms with van der Waals surface area (Å²) in [7, 11) is 0. The Bertz CT molecular complexity index is 1440. The molecule has 1 N–H and O–H groups in total. The van der Waals surface area contributed by atoms with Crippen LogP contribution in [0, 0.1) is 17.0 Å². The van der Waals surface area contributed by atoms with Crippen LogP contribution in [0.5, 0.6) is 0 Å². The van der Waals surface area contributed by atoms with Gasteiger partial charge in [-0.25, -0.2) is 5.43 Å². The van der Waals surface area contributed by atoms with Crippen LogP contribution in [-0.4, -0.2) is 37.6 Å². The number of benzene rings is 3. The number of carbonyl (C=O) groups excluding carboxylic acids is 1. The van der Waals surface area contributed by atoms with Gasteiger partial charge in [-0.3, -0.25) is 19.5 Å². The maximum absolute atomic E-state index is 12.4. The first-order valence-electron chi connectivity index (χ1n) is 10.5. The number of thioether (sulfide) groups is 1. The van der Waals surface area contributed by atoms with E-state index in [9.17, 15) is 14.9 Å². The summed E-state index contributed by atoms with van der Waals surface area (Å²) in [5.74, 6) is 0.221. The molecule has 0 bridgehead atoms. The zero-order chi connectivity index (χ0) is 25.7. The Morgan fingerprint density at radius 1 is 1.11 bits per heavy atom. The van der Waals surface area contributed by atoms with E-state index in [-0.39, 0.29) is 16.5 Å². The monoisotopic (exact) mass is 540 g/mol. The quantitative estimate of drug-likeness (QED) is 0.132. The van der Waals surface area contributed by atoms with Gasteiger partial charge in [-0.2, -0.15) is 5.10 Å². The molecule has 4 aromatic rings. The molecule has 1 aromatic heterocycles. The third-order valence-electron chi connectivity index (χ3n) is 4.94. The molecule has 0 spiro atoms. The molecular weight excluding hydrogens is 523 g/mol. The van der Waals surface area contributed by atoms with Gasteiger partial charge in [-0.15, -0.1) is 10.2 Å². The van der Waals surface area contributed by atoms with Crippen molar-refractivity contribution < 1.29 is 9.72 Å². The largest absolute Gasteiger partial charge is 0.272 e. The Hall–Kier alpha value is -3.73. The lowest BCUT2D eigenvalue weighted by atomic mass is 10.1. The van der Waals surface area contributed by atoms with E-state index in [0.29, 0.717) is 21.6 Å². The number of aromatic nitrogens is 3. The summed E-state index contributed by atoms with van der Waals surface area (Å²) in [4.78, 5) is 22.8. The number of non-ortho nitro benzene ring substituents is 1. The van der Waals surface area contributed by atoms with Gasteiger partial charge in [-0.1, -0.05) is 64.8 Å². The number of nitrogens with zero attached hydrogens (tertiary/aromatic N) is 5. The van der Waals surface area contributed by atoms with Crippen molar-refractivity contribution in [3.63, 3.8) is 0 Å². The Kier molecular flexibility index (Phi) is 7.99. The molecule has 0 unspecified atom stereocenters. The van der Waals surface area contributed by atoms with Crippen molar-refractivity contribution in [3.8, 4) is 17.1 Å². The minimum Gasteiger partial charge on any atom is -0.272 e. The van der Waals surface area contributed by atoms with Crippen LogP contribution >= 0.6 is 35.0 Å². The van der Waals surface area contributed by atoms with Crippen LogP contribution in [0.25, 0.3) is 17.1 Å².